The Bertz CT molecular complexity index is 848. The number of hydrogen-bond donors (Lipinski definition) is 2. The minimum Gasteiger partial charge on any atom is -0.508 e. The first-order valence-electron chi connectivity index (χ1n) is 7.19. The third-order valence-corrected chi connectivity index (χ3v) is 4.10. The van der Waals surface area contributed by atoms with Crippen LogP contribution in [0.5, 0.6) is 5.75 Å². The number of aryl methyl sites for hydroxylation is 1. The van der Waals surface area contributed by atoms with Crippen molar-refractivity contribution in [1.82, 2.24) is 20.2 Å². The topological polar surface area (TPSA) is 92.9 Å². The van der Waals surface area contributed by atoms with Gasteiger partial charge < -0.3 is 10.4 Å². The van der Waals surface area contributed by atoms with Crippen LogP contribution >= 0.6 is 11.8 Å². The average Bonchev–Trinajstić information content (AvgIpc) is 3.02. The average molecular weight is 341 g/mol. The van der Waals surface area contributed by atoms with E-state index < -0.39 is 0 Å². The lowest BCUT2D eigenvalue weighted by molar-refractivity contribution is -0.113. The van der Waals surface area contributed by atoms with Gasteiger partial charge in [-0.15, -0.1) is 5.10 Å². The maximum Gasteiger partial charge on any atom is 0.234 e. The summed E-state index contributed by atoms with van der Waals surface area (Å²) in [7, 11) is 0. The zero-order chi connectivity index (χ0) is 16.9. The number of phenols is 1. The van der Waals surface area contributed by atoms with Gasteiger partial charge in [-0.05, 0) is 41.6 Å². The van der Waals surface area contributed by atoms with Gasteiger partial charge in [0.25, 0.3) is 0 Å². The molecule has 2 aromatic carbocycles. The second-order valence-corrected chi connectivity index (χ2v) is 6.04. The number of tetrazole rings is 1. The minimum atomic E-state index is -0.205. The fourth-order valence-corrected chi connectivity index (χ4v) is 2.72. The highest BCUT2D eigenvalue weighted by Crippen LogP contribution is 2.20. The number of hydrogen-bond acceptors (Lipinski definition) is 6. The van der Waals surface area contributed by atoms with Gasteiger partial charge in [0.05, 0.1) is 11.4 Å². The number of rotatable bonds is 5. The van der Waals surface area contributed by atoms with Gasteiger partial charge in [-0.25, -0.2) is 0 Å². The van der Waals surface area contributed by atoms with Crippen molar-refractivity contribution in [3.63, 3.8) is 0 Å². The molecule has 3 rings (SSSR count). The van der Waals surface area contributed by atoms with E-state index in [1.165, 1.54) is 17.8 Å². The predicted molar refractivity (Wildman–Crippen MR) is 91.4 cm³/mol. The molecule has 0 radical (unpaired) electrons. The Hall–Kier alpha value is -2.87. The number of benzene rings is 2. The minimum absolute atomic E-state index is 0.101. The summed E-state index contributed by atoms with van der Waals surface area (Å²) in [5.74, 6) is 0.0508. The van der Waals surface area contributed by atoms with E-state index in [1.807, 2.05) is 31.2 Å². The fourth-order valence-electron chi connectivity index (χ4n) is 2.03. The lowest BCUT2D eigenvalue weighted by Gasteiger charge is -2.06. The van der Waals surface area contributed by atoms with Crippen molar-refractivity contribution in [3.05, 3.63) is 54.1 Å². The van der Waals surface area contributed by atoms with Crippen LogP contribution in [0.4, 0.5) is 5.69 Å². The third kappa shape index (κ3) is 3.90. The molecule has 0 aliphatic rings. The Kier molecular flexibility index (Phi) is 4.76. The van der Waals surface area contributed by atoms with E-state index in [2.05, 4.69) is 20.8 Å². The first-order valence-corrected chi connectivity index (χ1v) is 8.17. The monoisotopic (exact) mass is 341 g/mol. The molecule has 2 N–H and O–H groups in total. The number of nitrogens with one attached hydrogen (secondary N) is 1. The Balaban J connectivity index is 1.64. The molecule has 0 atom stereocenters. The Labute approximate surface area is 142 Å². The molecular weight excluding hydrogens is 326 g/mol. The van der Waals surface area contributed by atoms with Gasteiger partial charge in [0, 0.05) is 11.8 Å². The summed E-state index contributed by atoms with van der Waals surface area (Å²) in [5.41, 5.74) is 2.52. The molecule has 1 aromatic heterocycles. The van der Waals surface area contributed by atoms with E-state index in [0.29, 0.717) is 10.8 Å². The SMILES string of the molecule is Cc1ccc(-n2nnnc2SCC(=O)Nc2cccc(O)c2)cc1. The Morgan fingerprint density at radius 3 is 2.79 bits per heavy atom. The van der Waals surface area contributed by atoms with Crippen molar-refractivity contribution in [2.24, 2.45) is 0 Å². The number of carbonyl (C=O) groups is 1. The van der Waals surface area contributed by atoms with Crippen molar-refractivity contribution in [3.8, 4) is 11.4 Å². The first kappa shape index (κ1) is 16.0. The number of aromatic hydroxyl groups is 1. The van der Waals surface area contributed by atoms with Crippen LogP contribution in [-0.4, -0.2) is 37.0 Å². The molecule has 3 aromatic rings. The quantitative estimate of drug-likeness (QED) is 0.692. The zero-order valence-electron chi connectivity index (χ0n) is 12.9. The molecule has 0 saturated heterocycles. The maximum atomic E-state index is 12.0. The van der Waals surface area contributed by atoms with Gasteiger partial charge >= 0.3 is 0 Å². The molecule has 0 aliphatic carbocycles. The molecule has 1 amide bonds. The molecule has 1 heterocycles. The Morgan fingerprint density at radius 2 is 2.04 bits per heavy atom. The normalized spacial score (nSPS) is 10.5. The van der Waals surface area contributed by atoms with Gasteiger partial charge in [0.2, 0.25) is 11.1 Å². The van der Waals surface area contributed by atoms with Crippen LogP contribution in [0.2, 0.25) is 0 Å². The summed E-state index contributed by atoms with van der Waals surface area (Å²) in [4.78, 5) is 12.0. The van der Waals surface area contributed by atoms with Crippen molar-refractivity contribution < 1.29 is 9.90 Å². The first-order chi connectivity index (χ1) is 11.6. The van der Waals surface area contributed by atoms with Crippen LogP contribution in [0.15, 0.2) is 53.7 Å². The van der Waals surface area contributed by atoms with E-state index in [0.717, 1.165) is 11.3 Å². The van der Waals surface area contributed by atoms with Crippen LogP contribution in [-0.2, 0) is 4.79 Å². The van der Waals surface area contributed by atoms with E-state index in [1.54, 1.807) is 22.9 Å². The summed E-state index contributed by atoms with van der Waals surface area (Å²) in [5, 5.41) is 24.2. The second kappa shape index (κ2) is 7.14. The standard InChI is InChI=1S/C16H15N5O2S/c1-11-5-7-13(8-6-11)21-16(18-19-20-21)24-10-15(23)17-12-3-2-4-14(22)9-12/h2-9,22H,10H2,1H3,(H,17,23). The van der Waals surface area contributed by atoms with Gasteiger partial charge in [-0.3, -0.25) is 4.79 Å². The van der Waals surface area contributed by atoms with Crippen LogP contribution in [0.25, 0.3) is 5.69 Å². The van der Waals surface area contributed by atoms with Crippen LogP contribution in [0, 0.1) is 6.92 Å². The number of amides is 1. The lowest BCUT2D eigenvalue weighted by atomic mass is 10.2. The summed E-state index contributed by atoms with van der Waals surface area (Å²) in [6, 6.07) is 14.2. The molecule has 7 nitrogen and oxygen atoms in total. The lowest BCUT2D eigenvalue weighted by Crippen LogP contribution is -2.14. The van der Waals surface area contributed by atoms with Crippen molar-refractivity contribution in [1.29, 1.82) is 0 Å². The van der Waals surface area contributed by atoms with Gasteiger partial charge in [0.1, 0.15) is 5.75 Å². The molecule has 24 heavy (non-hydrogen) atoms. The summed E-state index contributed by atoms with van der Waals surface area (Å²) < 4.78 is 1.59. The second-order valence-electron chi connectivity index (χ2n) is 5.10. The highest BCUT2D eigenvalue weighted by atomic mass is 32.2. The number of nitrogens with zero attached hydrogens (tertiary/aromatic N) is 4. The number of aromatic nitrogens is 4. The molecule has 0 aliphatic heterocycles. The zero-order valence-corrected chi connectivity index (χ0v) is 13.7. The third-order valence-electron chi connectivity index (χ3n) is 3.18. The number of anilines is 1. The summed E-state index contributed by atoms with van der Waals surface area (Å²) in [6.07, 6.45) is 0. The van der Waals surface area contributed by atoms with E-state index >= 15 is 0 Å². The highest BCUT2D eigenvalue weighted by Gasteiger charge is 2.11. The molecule has 8 heteroatoms. The van der Waals surface area contributed by atoms with E-state index in [-0.39, 0.29) is 17.4 Å². The summed E-state index contributed by atoms with van der Waals surface area (Å²) >= 11 is 1.24. The fraction of sp³-hybridized carbons (Fsp3) is 0.125. The van der Waals surface area contributed by atoms with Crippen molar-refractivity contribution in [2.75, 3.05) is 11.1 Å². The van der Waals surface area contributed by atoms with Crippen molar-refractivity contribution >= 4 is 23.4 Å². The van der Waals surface area contributed by atoms with Crippen LogP contribution in [0.1, 0.15) is 5.56 Å². The van der Waals surface area contributed by atoms with Gasteiger partial charge in [-0.2, -0.15) is 4.68 Å². The number of carbonyl (C=O) groups excluding carboxylic acids is 1. The van der Waals surface area contributed by atoms with Crippen LogP contribution < -0.4 is 5.32 Å². The molecule has 122 valence electrons. The molecule has 0 bridgehead atoms. The molecule has 0 unspecified atom stereocenters. The van der Waals surface area contributed by atoms with Gasteiger partial charge in [-0.1, -0.05) is 35.5 Å². The smallest absolute Gasteiger partial charge is 0.234 e. The molecule has 0 fully saturated rings. The largest absolute Gasteiger partial charge is 0.508 e. The summed E-state index contributed by atoms with van der Waals surface area (Å²) in [6.45, 7) is 2.00. The predicted octanol–water partition coefficient (Wildman–Crippen LogP) is 2.41. The maximum absolute atomic E-state index is 12.0. The van der Waals surface area contributed by atoms with E-state index in [4.69, 9.17) is 0 Å². The van der Waals surface area contributed by atoms with Crippen LogP contribution in [0.3, 0.4) is 0 Å². The molecular formula is C16H15N5O2S. The van der Waals surface area contributed by atoms with Gasteiger partial charge in [0.15, 0.2) is 0 Å². The number of phenolic OH excluding ortho intramolecular Hbond substituents is 1. The van der Waals surface area contributed by atoms with E-state index in [9.17, 15) is 9.90 Å². The Morgan fingerprint density at radius 1 is 1.25 bits per heavy atom. The highest BCUT2D eigenvalue weighted by molar-refractivity contribution is 7.99. The number of thioether (sulfide) groups is 1. The molecule has 0 saturated carbocycles. The molecule has 0 spiro atoms. The van der Waals surface area contributed by atoms with Crippen molar-refractivity contribution in [2.45, 2.75) is 12.1 Å².